The minimum absolute atomic E-state index is 0.421. The van der Waals surface area contributed by atoms with Crippen molar-refractivity contribution >= 4 is 11.6 Å². The predicted molar refractivity (Wildman–Crippen MR) is 66.9 cm³/mol. The van der Waals surface area contributed by atoms with Crippen molar-refractivity contribution in [2.75, 3.05) is 0 Å². The zero-order valence-electron chi connectivity index (χ0n) is 10.2. The number of hydrogen-bond acceptors (Lipinski definition) is 0. The van der Waals surface area contributed by atoms with Crippen LogP contribution in [0.5, 0.6) is 0 Å². The normalized spacial score (nSPS) is 11.6. The van der Waals surface area contributed by atoms with E-state index in [4.69, 9.17) is 11.6 Å². The number of alkyl halides is 3. The van der Waals surface area contributed by atoms with Crippen molar-refractivity contribution in [1.29, 1.82) is 0 Å². The van der Waals surface area contributed by atoms with E-state index in [1.165, 1.54) is 12.1 Å². The molecule has 0 atom stereocenters. The van der Waals surface area contributed by atoms with Gasteiger partial charge in [0.1, 0.15) is 7.05 Å². The van der Waals surface area contributed by atoms with Gasteiger partial charge in [-0.05, 0) is 35.2 Å². The van der Waals surface area contributed by atoms with Gasteiger partial charge in [-0.1, -0.05) is 18.2 Å². The Morgan fingerprint density at radius 3 is 2.42 bits per heavy atom. The Bertz CT molecular complexity index is 593. The van der Waals surface area contributed by atoms with Crippen LogP contribution < -0.4 is 4.57 Å². The molecule has 0 spiro atoms. The van der Waals surface area contributed by atoms with Gasteiger partial charge in [0, 0.05) is 12.1 Å². The van der Waals surface area contributed by atoms with Crippen LogP contribution in [0.3, 0.4) is 0 Å². The molecule has 1 heterocycles. The molecule has 0 aliphatic rings. The molecule has 0 saturated carbocycles. The summed E-state index contributed by atoms with van der Waals surface area (Å²) in [7, 11) is 1.80. The maximum absolute atomic E-state index is 12.6. The van der Waals surface area contributed by atoms with Crippen LogP contribution in [0.15, 0.2) is 42.6 Å². The summed E-state index contributed by atoms with van der Waals surface area (Å²) in [5.74, 6) is 0. The minimum atomic E-state index is -4.31. The van der Waals surface area contributed by atoms with E-state index >= 15 is 0 Å². The maximum Gasteiger partial charge on any atom is 0.416 e. The topological polar surface area (TPSA) is 3.88 Å². The highest BCUT2D eigenvalue weighted by atomic mass is 35.5. The largest absolute Gasteiger partial charge is 0.416 e. The molecule has 0 aliphatic heterocycles. The van der Waals surface area contributed by atoms with Crippen molar-refractivity contribution in [3.63, 3.8) is 0 Å². The number of aryl methyl sites for hydroxylation is 1. The lowest BCUT2D eigenvalue weighted by Crippen LogP contribution is -2.28. The molecule has 1 nitrogen and oxygen atoms in total. The Hall–Kier alpha value is -1.55. The van der Waals surface area contributed by atoms with Crippen LogP contribution in [0.4, 0.5) is 13.2 Å². The van der Waals surface area contributed by atoms with Gasteiger partial charge in [-0.25, -0.2) is 0 Å². The highest BCUT2D eigenvalue weighted by Gasteiger charge is 2.30. The number of pyridine rings is 1. The first-order valence-electron chi connectivity index (χ1n) is 5.66. The summed E-state index contributed by atoms with van der Waals surface area (Å²) in [5.41, 5.74) is 0.861. The minimum Gasteiger partial charge on any atom is -0.191 e. The van der Waals surface area contributed by atoms with Gasteiger partial charge < -0.3 is 0 Å². The summed E-state index contributed by atoms with van der Waals surface area (Å²) >= 11 is 5.97. The first kappa shape index (κ1) is 13.9. The molecule has 0 N–H and O–H groups in total. The molecule has 1 aromatic heterocycles. The summed E-state index contributed by atoms with van der Waals surface area (Å²) in [4.78, 5) is 0. The number of nitrogens with zero attached hydrogens (tertiary/aromatic N) is 1. The number of hydrogen-bond donors (Lipinski definition) is 0. The van der Waals surface area contributed by atoms with Gasteiger partial charge >= 0.3 is 6.18 Å². The molecule has 0 amide bonds. The van der Waals surface area contributed by atoms with Gasteiger partial charge in [0.2, 0.25) is 0 Å². The highest BCUT2D eigenvalue weighted by Crippen LogP contribution is 2.30. The second-order valence-corrected chi connectivity index (χ2v) is 4.73. The third kappa shape index (κ3) is 3.47. The zero-order chi connectivity index (χ0) is 14.0. The molecule has 0 saturated heterocycles. The summed E-state index contributed by atoms with van der Waals surface area (Å²) < 4.78 is 39.5. The average molecular weight is 287 g/mol. The predicted octanol–water partition coefficient (Wildman–Crippen LogP) is 3.77. The fourth-order valence-electron chi connectivity index (χ4n) is 1.78. The van der Waals surface area contributed by atoms with Gasteiger partial charge in [0.25, 0.3) is 5.15 Å². The first-order chi connectivity index (χ1) is 8.86. The van der Waals surface area contributed by atoms with Crippen LogP contribution in [-0.2, 0) is 19.6 Å². The Morgan fingerprint density at radius 1 is 1.11 bits per heavy atom. The molecule has 2 rings (SSSR count). The molecule has 100 valence electrons. The van der Waals surface area contributed by atoms with E-state index in [1.54, 1.807) is 29.9 Å². The van der Waals surface area contributed by atoms with Crippen molar-refractivity contribution in [3.05, 3.63) is 64.4 Å². The van der Waals surface area contributed by atoms with E-state index in [0.29, 0.717) is 17.1 Å². The van der Waals surface area contributed by atoms with Crippen LogP contribution in [0.25, 0.3) is 0 Å². The third-order valence-electron chi connectivity index (χ3n) is 2.82. The Kier molecular flexibility index (Phi) is 3.80. The Balaban J connectivity index is 2.26. The molecule has 0 unspecified atom stereocenters. The fraction of sp³-hybridized carbons (Fsp3) is 0.214. The van der Waals surface area contributed by atoms with Crippen LogP contribution in [0.2, 0.25) is 5.15 Å². The van der Waals surface area contributed by atoms with Gasteiger partial charge in [-0.2, -0.15) is 17.7 Å². The van der Waals surface area contributed by atoms with E-state index in [0.717, 1.165) is 11.6 Å². The van der Waals surface area contributed by atoms with E-state index in [2.05, 4.69) is 0 Å². The molecule has 2 aromatic rings. The van der Waals surface area contributed by atoms with Crippen molar-refractivity contribution < 1.29 is 17.7 Å². The number of rotatable bonds is 2. The molecular formula is C14H12ClF3N+. The molecule has 0 fully saturated rings. The summed E-state index contributed by atoms with van der Waals surface area (Å²) in [6, 6.07) is 8.93. The van der Waals surface area contributed by atoms with Crippen molar-refractivity contribution in [2.24, 2.45) is 7.05 Å². The van der Waals surface area contributed by atoms with E-state index in [-0.39, 0.29) is 0 Å². The van der Waals surface area contributed by atoms with E-state index in [9.17, 15) is 13.2 Å². The van der Waals surface area contributed by atoms with E-state index in [1.807, 2.05) is 6.07 Å². The average Bonchev–Trinajstić information content (AvgIpc) is 2.33. The third-order valence-corrected chi connectivity index (χ3v) is 3.19. The maximum atomic E-state index is 12.6. The summed E-state index contributed by atoms with van der Waals surface area (Å²) in [5, 5.41) is 0.546. The lowest BCUT2D eigenvalue weighted by molar-refractivity contribution is -0.669. The Labute approximate surface area is 114 Å². The number of aromatic nitrogens is 1. The smallest absolute Gasteiger partial charge is 0.191 e. The molecule has 1 aromatic carbocycles. The lowest BCUT2D eigenvalue weighted by atomic mass is 10.0. The lowest BCUT2D eigenvalue weighted by Gasteiger charge is -2.08. The van der Waals surface area contributed by atoms with Crippen molar-refractivity contribution in [2.45, 2.75) is 12.6 Å². The molecule has 0 aliphatic carbocycles. The second-order valence-electron chi connectivity index (χ2n) is 4.34. The van der Waals surface area contributed by atoms with Gasteiger partial charge in [-0.15, -0.1) is 0 Å². The quantitative estimate of drug-likeness (QED) is 0.584. The molecular weight excluding hydrogens is 275 g/mol. The standard InChI is InChI=1S/C14H12ClF3N/c1-19-6-5-11(9-13(19)15)7-10-3-2-4-12(8-10)14(16,17)18/h2-6,8-9H,7H2,1H3/q+1. The molecule has 19 heavy (non-hydrogen) atoms. The fourth-order valence-corrected chi connectivity index (χ4v) is 1.98. The van der Waals surface area contributed by atoms with Crippen LogP contribution in [-0.4, -0.2) is 0 Å². The van der Waals surface area contributed by atoms with Crippen molar-refractivity contribution in [3.8, 4) is 0 Å². The molecule has 5 heteroatoms. The van der Waals surface area contributed by atoms with Crippen molar-refractivity contribution in [1.82, 2.24) is 0 Å². The van der Waals surface area contributed by atoms with Crippen LogP contribution >= 0.6 is 11.6 Å². The zero-order valence-corrected chi connectivity index (χ0v) is 11.0. The van der Waals surface area contributed by atoms with Gasteiger partial charge in [0.05, 0.1) is 5.56 Å². The molecule has 0 radical (unpaired) electrons. The SMILES string of the molecule is C[n+]1ccc(Cc2cccc(C(F)(F)F)c2)cc1Cl. The number of halogens is 4. The second kappa shape index (κ2) is 5.21. The highest BCUT2D eigenvalue weighted by molar-refractivity contribution is 6.28. The van der Waals surface area contributed by atoms with Gasteiger partial charge in [-0.3, -0.25) is 0 Å². The Morgan fingerprint density at radius 2 is 1.79 bits per heavy atom. The summed E-state index contributed by atoms with van der Waals surface area (Å²) in [6.45, 7) is 0. The van der Waals surface area contributed by atoms with Crippen LogP contribution in [0, 0.1) is 0 Å². The molecule has 0 bridgehead atoms. The van der Waals surface area contributed by atoms with Crippen LogP contribution in [0.1, 0.15) is 16.7 Å². The first-order valence-corrected chi connectivity index (χ1v) is 6.04. The monoisotopic (exact) mass is 286 g/mol. The van der Waals surface area contributed by atoms with Gasteiger partial charge in [0.15, 0.2) is 6.20 Å². The van der Waals surface area contributed by atoms with E-state index < -0.39 is 11.7 Å². The summed E-state index contributed by atoms with van der Waals surface area (Å²) in [6.07, 6.45) is -2.10. The number of benzene rings is 1.